The summed E-state index contributed by atoms with van der Waals surface area (Å²) in [6, 6.07) is 7.88. The minimum atomic E-state index is 0.0593. The highest BCUT2D eigenvalue weighted by Gasteiger charge is 2.22. The molecule has 6 nitrogen and oxygen atoms in total. The number of methoxy groups -OCH3 is 1. The molecule has 2 heterocycles. The molecule has 0 bridgehead atoms. The first-order valence-electron chi connectivity index (χ1n) is 7.10. The maximum atomic E-state index is 11.8. The SMILES string of the molecule is COCC(=O)N1CCN(Cc2noc3ccccc23)CC1. The largest absolute Gasteiger partial charge is 0.375 e. The zero-order valence-electron chi connectivity index (χ0n) is 12.1. The lowest BCUT2D eigenvalue weighted by Crippen LogP contribution is -2.49. The van der Waals surface area contributed by atoms with Crippen molar-refractivity contribution in [3.05, 3.63) is 30.0 Å². The highest BCUT2D eigenvalue weighted by Crippen LogP contribution is 2.19. The zero-order chi connectivity index (χ0) is 14.7. The molecule has 0 unspecified atom stereocenters. The van der Waals surface area contributed by atoms with Gasteiger partial charge in [-0.15, -0.1) is 0 Å². The summed E-state index contributed by atoms with van der Waals surface area (Å²) >= 11 is 0. The molecule has 21 heavy (non-hydrogen) atoms. The first kappa shape index (κ1) is 14.0. The fraction of sp³-hybridized carbons (Fsp3) is 0.467. The summed E-state index contributed by atoms with van der Waals surface area (Å²) in [5.41, 5.74) is 1.78. The van der Waals surface area contributed by atoms with E-state index in [9.17, 15) is 4.79 Å². The topological polar surface area (TPSA) is 58.8 Å². The maximum Gasteiger partial charge on any atom is 0.248 e. The van der Waals surface area contributed by atoms with E-state index in [4.69, 9.17) is 9.26 Å². The van der Waals surface area contributed by atoms with Crippen LogP contribution in [0, 0.1) is 0 Å². The van der Waals surface area contributed by atoms with Crippen LogP contribution in [0.3, 0.4) is 0 Å². The summed E-state index contributed by atoms with van der Waals surface area (Å²) in [5, 5.41) is 5.22. The normalized spacial score (nSPS) is 16.5. The second-order valence-electron chi connectivity index (χ2n) is 5.22. The Kier molecular flexibility index (Phi) is 4.17. The van der Waals surface area contributed by atoms with Gasteiger partial charge in [0.25, 0.3) is 0 Å². The lowest BCUT2D eigenvalue weighted by Gasteiger charge is -2.34. The van der Waals surface area contributed by atoms with Crippen LogP contribution in [0.1, 0.15) is 5.69 Å². The van der Waals surface area contributed by atoms with Gasteiger partial charge in [-0.05, 0) is 12.1 Å². The number of hydrogen-bond acceptors (Lipinski definition) is 5. The van der Waals surface area contributed by atoms with Crippen molar-refractivity contribution in [2.45, 2.75) is 6.54 Å². The first-order valence-corrected chi connectivity index (χ1v) is 7.10. The molecule has 0 aliphatic carbocycles. The van der Waals surface area contributed by atoms with Crippen LogP contribution < -0.4 is 0 Å². The van der Waals surface area contributed by atoms with Crippen molar-refractivity contribution in [1.29, 1.82) is 0 Å². The molecule has 1 amide bonds. The Balaban J connectivity index is 1.59. The average Bonchev–Trinajstić information content (AvgIpc) is 2.92. The summed E-state index contributed by atoms with van der Waals surface area (Å²) in [6.45, 7) is 4.07. The molecule has 3 rings (SSSR count). The number of ether oxygens (including phenoxy) is 1. The number of benzene rings is 1. The number of rotatable bonds is 4. The molecule has 0 radical (unpaired) electrons. The Morgan fingerprint density at radius 2 is 2.05 bits per heavy atom. The molecule has 0 spiro atoms. The molecule has 2 aromatic rings. The van der Waals surface area contributed by atoms with Gasteiger partial charge in [0.15, 0.2) is 5.58 Å². The van der Waals surface area contributed by atoms with Gasteiger partial charge in [-0.1, -0.05) is 17.3 Å². The summed E-state index contributed by atoms with van der Waals surface area (Å²) in [6.07, 6.45) is 0. The van der Waals surface area contributed by atoms with E-state index in [0.717, 1.165) is 49.4 Å². The minimum Gasteiger partial charge on any atom is -0.375 e. The predicted molar refractivity (Wildman–Crippen MR) is 77.7 cm³/mol. The van der Waals surface area contributed by atoms with Crippen molar-refractivity contribution in [2.75, 3.05) is 39.9 Å². The number of amides is 1. The van der Waals surface area contributed by atoms with E-state index in [1.165, 1.54) is 0 Å². The summed E-state index contributed by atoms with van der Waals surface area (Å²) in [5.74, 6) is 0.0593. The molecule has 1 aromatic carbocycles. The zero-order valence-corrected chi connectivity index (χ0v) is 12.1. The van der Waals surface area contributed by atoms with Gasteiger partial charge in [0.1, 0.15) is 12.3 Å². The van der Waals surface area contributed by atoms with Gasteiger partial charge in [-0.3, -0.25) is 9.69 Å². The number of piperazine rings is 1. The van der Waals surface area contributed by atoms with E-state index in [-0.39, 0.29) is 12.5 Å². The highest BCUT2D eigenvalue weighted by molar-refractivity contribution is 5.79. The third-order valence-corrected chi connectivity index (χ3v) is 3.82. The van der Waals surface area contributed by atoms with Crippen molar-refractivity contribution in [3.8, 4) is 0 Å². The third kappa shape index (κ3) is 3.06. The average molecular weight is 289 g/mol. The van der Waals surface area contributed by atoms with Crippen molar-refractivity contribution in [3.63, 3.8) is 0 Å². The molecule has 0 atom stereocenters. The summed E-state index contributed by atoms with van der Waals surface area (Å²) in [7, 11) is 1.55. The number of hydrogen-bond donors (Lipinski definition) is 0. The lowest BCUT2D eigenvalue weighted by atomic mass is 10.2. The molecule has 1 aliphatic rings. The van der Waals surface area contributed by atoms with E-state index in [1.807, 2.05) is 29.2 Å². The van der Waals surface area contributed by atoms with Gasteiger partial charge in [0.2, 0.25) is 5.91 Å². The van der Waals surface area contributed by atoms with Gasteiger partial charge in [0, 0.05) is 45.2 Å². The minimum absolute atomic E-state index is 0.0593. The molecule has 1 aliphatic heterocycles. The van der Waals surface area contributed by atoms with Gasteiger partial charge >= 0.3 is 0 Å². The number of nitrogens with zero attached hydrogens (tertiary/aromatic N) is 3. The maximum absolute atomic E-state index is 11.8. The summed E-state index contributed by atoms with van der Waals surface area (Å²) < 4.78 is 10.2. The highest BCUT2D eigenvalue weighted by atomic mass is 16.5. The second kappa shape index (κ2) is 6.24. The van der Waals surface area contributed by atoms with E-state index in [2.05, 4.69) is 10.1 Å². The van der Waals surface area contributed by atoms with Gasteiger partial charge in [-0.25, -0.2) is 0 Å². The number of para-hydroxylation sites is 1. The van der Waals surface area contributed by atoms with Crippen LogP contribution in [-0.4, -0.2) is 60.8 Å². The number of aromatic nitrogens is 1. The Labute approximate surface area is 123 Å². The van der Waals surface area contributed by atoms with Crippen molar-refractivity contribution < 1.29 is 14.1 Å². The second-order valence-corrected chi connectivity index (χ2v) is 5.22. The molecule has 1 fully saturated rings. The van der Waals surface area contributed by atoms with Crippen molar-refractivity contribution in [2.24, 2.45) is 0 Å². The number of carbonyl (C=O) groups is 1. The van der Waals surface area contributed by atoms with Gasteiger partial charge in [0.05, 0.1) is 0 Å². The standard InChI is InChI=1S/C15H19N3O3/c1-20-11-15(19)18-8-6-17(7-9-18)10-13-12-4-2-3-5-14(12)21-16-13/h2-5H,6-11H2,1H3. The van der Waals surface area contributed by atoms with Crippen LogP contribution >= 0.6 is 0 Å². The molecule has 0 N–H and O–H groups in total. The quantitative estimate of drug-likeness (QED) is 0.844. The first-order chi connectivity index (χ1) is 10.3. The Morgan fingerprint density at radius 3 is 2.81 bits per heavy atom. The molecular weight excluding hydrogens is 270 g/mol. The fourth-order valence-electron chi connectivity index (χ4n) is 2.63. The van der Waals surface area contributed by atoms with Crippen LogP contribution in [0.2, 0.25) is 0 Å². The van der Waals surface area contributed by atoms with Crippen LogP contribution in [0.4, 0.5) is 0 Å². The van der Waals surface area contributed by atoms with Crippen LogP contribution in [0.5, 0.6) is 0 Å². The van der Waals surface area contributed by atoms with Crippen LogP contribution in [-0.2, 0) is 16.1 Å². The molecular formula is C15H19N3O3. The van der Waals surface area contributed by atoms with Gasteiger partial charge in [-0.2, -0.15) is 0 Å². The molecule has 0 saturated carbocycles. The Morgan fingerprint density at radius 1 is 1.29 bits per heavy atom. The summed E-state index contributed by atoms with van der Waals surface area (Å²) in [4.78, 5) is 15.9. The van der Waals surface area contributed by atoms with Gasteiger partial charge < -0.3 is 14.2 Å². The monoisotopic (exact) mass is 289 g/mol. The van der Waals surface area contributed by atoms with E-state index < -0.39 is 0 Å². The smallest absolute Gasteiger partial charge is 0.248 e. The van der Waals surface area contributed by atoms with Crippen LogP contribution in [0.25, 0.3) is 11.0 Å². The van der Waals surface area contributed by atoms with Crippen molar-refractivity contribution in [1.82, 2.24) is 15.0 Å². The Bertz CT molecular complexity index is 617. The van der Waals surface area contributed by atoms with Crippen LogP contribution in [0.15, 0.2) is 28.8 Å². The molecule has 112 valence electrons. The molecule has 1 saturated heterocycles. The van der Waals surface area contributed by atoms with E-state index in [1.54, 1.807) is 7.11 Å². The number of fused-ring (bicyclic) bond motifs is 1. The molecule has 1 aromatic heterocycles. The lowest BCUT2D eigenvalue weighted by molar-refractivity contribution is -0.136. The Hall–Kier alpha value is -1.92. The third-order valence-electron chi connectivity index (χ3n) is 3.82. The molecule has 6 heteroatoms. The number of carbonyl (C=O) groups excluding carboxylic acids is 1. The van der Waals surface area contributed by atoms with E-state index in [0.29, 0.717) is 0 Å². The fourth-order valence-corrected chi connectivity index (χ4v) is 2.63. The predicted octanol–water partition coefficient (Wildman–Crippen LogP) is 1.12. The van der Waals surface area contributed by atoms with Crippen molar-refractivity contribution >= 4 is 16.9 Å². The van der Waals surface area contributed by atoms with E-state index >= 15 is 0 Å².